The Hall–Kier alpha value is -0.910. The largest absolute Gasteiger partial charge is 0.309 e. The summed E-state index contributed by atoms with van der Waals surface area (Å²) < 4.78 is 24.1. The predicted molar refractivity (Wildman–Crippen MR) is 77.0 cm³/mol. The second kappa shape index (κ2) is 5.61. The first-order valence-corrected chi connectivity index (χ1v) is 8.28. The zero-order chi connectivity index (χ0) is 14.0. The van der Waals surface area contributed by atoms with E-state index < -0.39 is 9.84 Å². The quantitative estimate of drug-likeness (QED) is 0.888. The van der Waals surface area contributed by atoms with Gasteiger partial charge in [-0.05, 0) is 45.6 Å². The molecule has 1 aliphatic heterocycles. The summed E-state index contributed by atoms with van der Waals surface area (Å²) in [6.07, 6.45) is 1.01. The first-order valence-electron chi connectivity index (χ1n) is 6.62. The SMILES string of the molecule is CC(CCN(C)C)NC1CS(=O)(=O)c2ccccc21. The average molecular weight is 282 g/mol. The van der Waals surface area contributed by atoms with Crippen molar-refractivity contribution in [3.63, 3.8) is 0 Å². The van der Waals surface area contributed by atoms with Gasteiger partial charge in [0.1, 0.15) is 0 Å². The van der Waals surface area contributed by atoms with Gasteiger partial charge in [0.2, 0.25) is 0 Å². The molecule has 0 spiro atoms. The summed E-state index contributed by atoms with van der Waals surface area (Å²) in [5, 5.41) is 3.44. The van der Waals surface area contributed by atoms with E-state index in [1.54, 1.807) is 12.1 Å². The van der Waals surface area contributed by atoms with E-state index in [1.807, 2.05) is 26.2 Å². The highest BCUT2D eigenvalue weighted by Gasteiger charge is 2.34. The van der Waals surface area contributed by atoms with Crippen LogP contribution in [0.4, 0.5) is 0 Å². The van der Waals surface area contributed by atoms with Gasteiger partial charge >= 0.3 is 0 Å². The fourth-order valence-corrected chi connectivity index (χ4v) is 4.22. The number of hydrogen-bond donors (Lipinski definition) is 1. The molecule has 1 aromatic carbocycles. The number of nitrogens with zero attached hydrogens (tertiary/aromatic N) is 1. The fraction of sp³-hybridized carbons (Fsp3) is 0.571. The van der Waals surface area contributed by atoms with Gasteiger partial charge in [0.05, 0.1) is 10.6 Å². The summed E-state index contributed by atoms with van der Waals surface area (Å²) in [6, 6.07) is 7.53. The molecule has 0 aromatic heterocycles. The normalized spacial score (nSPS) is 22.4. The number of fused-ring (bicyclic) bond motifs is 1. The third kappa shape index (κ3) is 3.35. The lowest BCUT2D eigenvalue weighted by molar-refractivity contribution is 0.355. The topological polar surface area (TPSA) is 49.4 Å². The molecule has 0 bridgehead atoms. The third-order valence-electron chi connectivity index (χ3n) is 3.51. The van der Waals surface area contributed by atoms with Crippen LogP contribution in [-0.2, 0) is 9.84 Å². The number of rotatable bonds is 5. The summed E-state index contributed by atoms with van der Waals surface area (Å²) in [6.45, 7) is 3.10. The van der Waals surface area contributed by atoms with Crippen LogP contribution in [-0.4, -0.2) is 45.8 Å². The fourth-order valence-electron chi connectivity index (χ4n) is 2.47. The number of benzene rings is 1. The van der Waals surface area contributed by atoms with E-state index in [-0.39, 0.29) is 11.8 Å². The van der Waals surface area contributed by atoms with Crippen LogP contribution < -0.4 is 5.32 Å². The molecule has 2 unspecified atom stereocenters. The van der Waals surface area contributed by atoms with Crippen molar-refractivity contribution in [1.29, 1.82) is 0 Å². The van der Waals surface area contributed by atoms with Crippen molar-refractivity contribution in [2.45, 2.75) is 30.3 Å². The number of nitrogens with one attached hydrogen (secondary N) is 1. The second-order valence-electron chi connectivity index (χ2n) is 5.53. The molecule has 0 saturated heterocycles. The van der Waals surface area contributed by atoms with E-state index >= 15 is 0 Å². The molecule has 1 N–H and O–H groups in total. The average Bonchev–Trinajstić information content (AvgIpc) is 2.59. The summed E-state index contributed by atoms with van der Waals surface area (Å²) in [5.41, 5.74) is 0.916. The summed E-state index contributed by atoms with van der Waals surface area (Å²) in [4.78, 5) is 2.63. The molecule has 0 saturated carbocycles. The highest BCUT2D eigenvalue weighted by molar-refractivity contribution is 7.91. The van der Waals surface area contributed by atoms with E-state index in [4.69, 9.17) is 0 Å². The van der Waals surface area contributed by atoms with Crippen molar-refractivity contribution >= 4 is 9.84 Å². The van der Waals surface area contributed by atoms with Crippen LogP contribution in [0.15, 0.2) is 29.2 Å². The number of hydrogen-bond acceptors (Lipinski definition) is 4. The van der Waals surface area contributed by atoms with Crippen molar-refractivity contribution in [1.82, 2.24) is 10.2 Å². The van der Waals surface area contributed by atoms with Crippen molar-refractivity contribution in [3.05, 3.63) is 29.8 Å². The molecule has 1 heterocycles. The molecule has 1 aliphatic rings. The van der Waals surface area contributed by atoms with E-state index in [0.29, 0.717) is 10.9 Å². The Bertz CT molecular complexity index is 540. The Kier molecular flexibility index (Phi) is 4.28. The Labute approximate surface area is 115 Å². The lowest BCUT2D eigenvalue weighted by Gasteiger charge is -2.21. The summed E-state index contributed by atoms with van der Waals surface area (Å²) >= 11 is 0. The monoisotopic (exact) mass is 282 g/mol. The van der Waals surface area contributed by atoms with E-state index in [0.717, 1.165) is 18.5 Å². The second-order valence-corrected chi connectivity index (χ2v) is 7.53. The van der Waals surface area contributed by atoms with Gasteiger partial charge in [-0.15, -0.1) is 0 Å². The highest BCUT2D eigenvalue weighted by Crippen LogP contribution is 2.33. The molecule has 19 heavy (non-hydrogen) atoms. The summed E-state index contributed by atoms with van der Waals surface area (Å²) in [7, 11) is 0.983. The molecule has 2 atom stereocenters. The van der Waals surface area contributed by atoms with Crippen molar-refractivity contribution in [2.24, 2.45) is 0 Å². The zero-order valence-electron chi connectivity index (χ0n) is 11.8. The van der Waals surface area contributed by atoms with Crippen molar-refractivity contribution in [2.75, 3.05) is 26.4 Å². The number of sulfone groups is 1. The lowest BCUT2D eigenvalue weighted by atomic mass is 10.1. The molecule has 0 aliphatic carbocycles. The predicted octanol–water partition coefficient (Wildman–Crippen LogP) is 1.44. The zero-order valence-corrected chi connectivity index (χ0v) is 12.6. The van der Waals surface area contributed by atoms with Crippen molar-refractivity contribution in [3.8, 4) is 0 Å². The van der Waals surface area contributed by atoms with Gasteiger partial charge in [-0.25, -0.2) is 8.42 Å². The Morgan fingerprint density at radius 2 is 2.05 bits per heavy atom. The minimum atomic E-state index is -3.10. The smallest absolute Gasteiger partial charge is 0.180 e. The Balaban J connectivity index is 2.08. The van der Waals surface area contributed by atoms with E-state index in [9.17, 15) is 8.42 Å². The molecule has 5 heteroatoms. The van der Waals surface area contributed by atoms with Gasteiger partial charge in [-0.2, -0.15) is 0 Å². The standard InChI is InChI=1S/C14H22N2O2S/c1-11(8-9-16(2)3)15-13-10-19(17,18)14-7-5-4-6-12(13)14/h4-7,11,13,15H,8-10H2,1-3H3. The molecule has 0 amide bonds. The van der Waals surface area contributed by atoms with Crippen LogP contribution in [0.25, 0.3) is 0 Å². The molecule has 4 nitrogen and oxygen atoms in total. The Morgan fingerprint density at radius 3 is 2.74 bits per heavy atom. The molecule has 1 aromatic rings. The minimum Gasteiger partial charge on any atom is -0.309 e. The van der Waals surface area contributed by atoms with Gasteiger partial charge < -0.3 is 10.2 Å². The third-order valence-corrected chi connectivity index (χ3v) is 5.32. The lowest BCUT2D eigenvalue weighted by Crippen LogP contribution is -2.33. The first-order chi connectivity index (χ1) is 8.90. The minimum absolute atomic E-state index is 0.0710. The van der Waals surface area contributed by atoms with Crippen LogP contribution >= 0.6 is 0 Å². The van der Waals surface area contributed by atoms with E-state index in [2.05, 4.69) is 17.1 Å². The van der Waals surface area contributed by atoms with Gasteiger partial charge in [0, 0.05) is 12.1 Å². The van der Waals surface area contributed by atoms with Crippen molar-refractivity contribution < 1.29 is 8.42 Å². The highest BCUT2D eigenvalue weighted by atomic mass is 32.2. The maximum absolute atomic E-state index is 12.1. The first kappa shape index (κ1) is 14.5. The molecule has 0 radical (unpaired) electrons. The van der Waals surface area contributed by atoms with Gasteiger partial charge in [-0.1, -0.05) is 18.2 Å². The van der Waals surface area contributed by atoms with Crippen LogP contribution in [0.5, 0.6) is 0 Å². The molecule has 2 rings (SSSR count). The molecule has 0 fully saturated rings. The van der Waals surface area contributed by atoms with Gasteiger partial charge in [-0.3, -0.25) is 0 Å². The Morgan fingerprint density at radius 1 is 1.37 bits per heavy atom. The maximum atomic E-state index is 12.1. The van der Waals surface area contributed by atoms with Crippen LogP contribution in [0.3, 0.4) is 0 Å². The maximum Gasteiger partial charge on any atom is 0.180 e. The summed E-state index contributed by atoms with van der Waals surface area (Å²) in [5.74, 6) is 0.179. The van der Waals surface area contributed by atoms with Crippen LogP contribution in [0, 0.1) is 0 Å². The van der Waals surface area contributed by atoms with Crippen LogP contribution in [0.1, 0.15) is 24.9 Å². The van der Waals surface area contributed by atoms with Crippen LogP contribution in [0.2, 0.25) is 0 Å². The van der Waals surface area contributed by atoms with Gasteiger partial charge in [0.15, 0.2) is 9.84 Å². The van der Waals surface area contributed by atoms with E-state index in [1.165, 1.54) is 0 Å². The molecule has 106 valence electrons. The molecular formula is C14H22N2O2S. The van der Waals surface area contributed by atoms with Gasteiger partial charge in [0.25, 0.3) is 0 Å². The molecular weight excluding hydrogens is 260 g/mol.